The van der Waals surface area contributed by atoms with Crippen molar-refractivity contribution in [1.82, 2.24) is 0 Å². The van der Waals surface area contributed by atoms with E-state index < -0.39 is 23.4 Å². The second kappa shape index (κ2) is 8.37. The van der Waals surface area contributed by atoms with E-state index in [0.29, 0.717) is 27.3 Å². The molecule has 2 heterocycles. The van der Waals surface area contributed by atoms with Crippen molar-refractivity contribution in [2.45, 2.75) is 18.0 Å². The molecule has 38 heavy (non-hydrogen) atoms. The number of anilines is 1. The number of benzene rings is 4. The van der Waals surface area contributed by atoms with Gasteiger partial charge in [-0.15, -0.1) is 0 Å². The lowest BCUT2D eigenvalue weighted by atomic mass is 9.64. The molecule has 1 fully saturated rings. The van der Waals surface area contributed by atoms with Gasteiger partial charge in [0, 0.05) is 33.3 Å². The molecule has 0 bridgehead atoms. The van der Waals surface area contributed by atoms with Gasteiger partial charge < -0.3 is 4.90 Å². The third kappa shape index (κ3) is 2.89. The van der Waals surface area contributed by atoms with Crippen LogP contribution in [0, 0.1) is 5.41 Å². The molecule has 1 spiro atoms. The minimum Gasteiger partial charge on any atom is -0.352 e. The highest BCUT2D eigenvalue weighted by atomic mass is 35.5. The fourth-order valence-electron chi connectivity index (χ4n) is 6.76. The molecule has 1 saturated heterocycles. The summed E-state index contributed by atoms with van der Waals surface area (Å²) in [5.41, 5.74) is 2.14. The fourth-order valence-corrected chi connectivity index (χ4v) is 7.01. The van der Waals surface area contributed by atoms with Gasteiger partial charge in [0.25, 0.3) is 0 Å². The van der Waals surface area contributed by atoms with E-state index >= 15 is 0 Å². The van der Waals surface area contributed by atoms with Gasteiger partial charge in [-0.05, 0) is 23.3 Å². The van der Waals surface area contributed by atoms with Crippen LogP contribution in [0.4, 0.5) is 5.69 Å². The zero-order valence-corrected chi connectivity index (χ0v) is 21.0. The van der Waals surface area contributed by atoms with Crippen molar-refractivity contribution in [3.8, 4) is 0 Å². The van der Waals surface area contributed by atoms with Crippen molar-refractivity contribution in [2.24, 2.45) is 5.41 Å². The number of carbonyl (C=O) groups is 3. The van der Waals surface area contributed by atoms with Crippen LogP contribution in [0.2, 0.25) is 5.02 Å². The number of fused-ring (bicyclic) bond motifs is 5. The van der Waals surface area contributed by atoms with Gasteiger partial charge in [0.15, 0.2) is 17.3 Å². The minimum absolute atomic E-state index is 0.154. The van der Waals surface area contributed by atoms with Crippen LogP contribution in [0.5, 0.6) is 0 Å². The Bertz CT molecular complexity index is 1640. The highest BCUT2D eigenvalue weighted by molar-refractivity contribution is 6.34. The minimum atomic E-state index is -1.55. The average Bonchev–Trinajstić information content (AvgIpc) is 3.39. The average molecular weight is 516 g/mol. The summed E-state index contributed by atoms with van der Waals surface area (Å²) in [6.07, 6.45) is 3.88. The van der Waals surface area contributed by atoms with Gasteiger partial charge in [0.1, 0.15) is 11.5 Å². The second-order valence-electron chi connectivity index (χ2n) is 10.0. The van der Waals surface area contributed by atoms with Crippen molar-refractivity contribution in [1.29, 1.82) is 0 Å². The molecule has 0 N–H and O–H groups in total. The van der Waals surface area contributed by atoms with Crippen LogP contribution in [-0.2, 0) is 0 Å². The number of hydrogen-bond acceptors (Lipinski definition) is 4. The summed E-state index contributed by atoms with van der Waals surface area (Å²) < 4.78 is 0. The predicted octanol–water partition coefficient (Wildman–Crippen LogP) is 6.66. The molecule has 0 radical (unpaired) electrons. The molecule has 7 rings (SSSR count). The maximum atomic E-state index is 14.6. The molecule has 4 aromatic carbocycles. The topological polar surface area (TPSA) is 54.5 Å². The SMILES string of the molecule is O=C(c1ccccc1)C1C(c2ccccc2Cl)C2(C(=O)c3ccccc3C2=O)C2C=Cc3ccccc3N12. The van der Waals surface area contributed by atoms with Gasteiger partial charge >= 0.3 is 0 Å². The Morgan fingerprint density at radius 2 is 1.34 bits per heavy atom. The number of hydrogen-bond donors (Lipinski definition) is 0. The van der Waals surface area contributed by atoms with Crippen LogP contribution in [0.1, 0.15) is 48.1 Å². The summed E-state index contributed by atoms with van der Waals surface area (Å²) in [7, 11) is 0. The monoisotopic (exact) mass is 515 g/mol. The Hall–Kier alpha value is -4.28. The first kappa shape index (κ1) is 22.9. The maximum Gasteiger partial charge on any atom is 0.185 e. The highest BCUT2D eigenvalue weighted by Crippen LogP contribution is 2.61. The van der Waals surface area contributed by atoms with Crippen LogP contribution in [0.25, 0.3) is 6.08 Å². The molecular weight excluding hydrogens is 494 g/mol. The Balaban J connectivity index is 1.57. The molecule has 4 nitrogen and oxygen atoms in total. The zero-order chi connectivity index (χ0) is 26.0. The van der Waals surface area contributed by atoms with E-state index in [1.807, 2.05) is 77.7 Å². The molecule has 5 heteroatoms. The Labute approximate surface area is 225 Å². The molecule has 0 amide bonds. The standard InChI is InChI=1S/C33H22ClNO3/c34-25-16-8-7-15-24(25)28-29(30(36)21-11-2-1-3-12-21)35-26-17-9-4-10-20(26)18-19-27(35)33(28)31(37)22-13-5-6-14-23(22)32(33)38/h1-19,27-29H. The molecule has 3 aliphatic rings. The summed E-state index contributed by atoms with van der Waals surface area (Å²) in [6.45, 7) is 0. The van der Waals surface area contributed by atoms with Crippen LogP contribution >= 0.6 is 11.6 Å². The maximum absolute atomic E-state index is 14.6. The van der Waals surface area contributed by atoms with E-state index in [2.05, 4.69) is 0 Å². The van der Waals surface area contributed by atoms with E-state index in [1.54, 1.807) is 42.5 Å². The number of para-hydroxylation sites is 1. The van der Waals surface area contributed by atoms with E-state index in [4.69, 9.17) is 11.6 Å². The molecule has 2 aliphatic heterocycles. The molecule has 4 aromatic rings. The molecule has 0 saturated carbocycles. The number of rotatable bonds is 3. The number of ketones is 3. The van der Waals surface area contributed by atoms with E-state index in [0.717, 1.165) is 11.3 Å². The van der Waals surface area contributed by atoms with E-state index in [-0.39, 0.29) is 17.3 Å². The van der Waals surface area contributed by atoms with E-state index in [1.165, 1.54) is 0 Å². The zero-order valence-electron chi connectivity index (χ0n) is 20.3. The number of Topliss-reactive ketones (excluding diaryl/α,β-unsaturated/α-hetero) is 3. The van der Waals surface area contributed by atoms with Crippen molar-refractivity contribution < 1.29 is 14.4 Å². The Morgan fingerprint density at radius 3 is 2.05 bits per heavy atom. The van der Waals surface area contributed by atoms with Gasteiger partial charge in [-0.2, -0.15) is 0 Å². The number of carbonyl (C=O) groups excluding carboxylic acids is 3. The van der Waals surface area contributed by atoms with Gasteiger partial charge in [0.05, 0.1) is 6.04 Å². The molecule has 184 valence electrons. The molecule has 3 unspecified atom stereocenters. The van der Waals surface area contributed by atoms with Crippen LogP contribution in [0.3, 0.4) is 0 Å². The molecular formula is C33H22ClNO3. The Morgan fingerprint density at radius 1 is 0.737 bits per heavy atom. The summed E-state index contributed by atoms with van der Waals surface area (Å²) in [4.78, 5) is 45.6. The van der Waals surface area contributed by atoms with Gasteiger partial charge in [-0.25, -0.2) is 0 Å². The van der Waals surface area contributed by atoms with Gasteiger partial charge in [0.2, 0.25) is 0 Å². The smallest absolute Gasteiger partial charge is 0.185 e. The third-order valence-corrected chi connectivity index (χ3v) is 8.62. The summed E-state index contributed by atoms with van der Waals surface area (Å²) in [6, 6.07) is 29.6. The molecule has 3 atom stereocenters. The Kier molecular flexibility index (Phi) is 5.04. The second-order valence-corrected chi connectivity index (χ2v) is 10.4. The lowest BCUT2D eigenvalue weighted by Crippen LogP contribution is -2.48. The van der Waals surface area contributed by atoms with Crippen molar-refractivity contribution in [3.05, 3.63) is 142 Å². The van der Waals surface area contributed by atoms with Crippen molar-refractivity contribution in [3.63, 3.8) is 0 Å². The van der Waals surface area contributed by atoms with E-state index in [9.17, 15) is 14.4 Å². The number of nitrogens with zero attached hydrogens (tertiary/aromatic N) is 1. The van der Waals surface area contributed by atoms with Gasteiger partial charge in [-0.1, -0.05) is 115 Å². The lowest BCUT2D eigenvalue weighted by Gasteiger charge is -2.37. The first-order valence-electron chi connectivity index (χ1n) is 12.6. The molecule has 0 aromatic heterocycles. The fraction of sp³-hybridized carbons (Fsp3) is 0.121. The first-order chi connectivity index (χ1) is 18.5. The summed E-state index contributed by atoms with van der Waals surface area (Å²) in [5, 5.41) is 0.427. The summed E-state index contributed by atoms with van der Waals surface area (Å²) >= 11 is 6.82. The predicted molar refractivity (Wildman–Crippen MR) is 148 cm³/mol. The largest absolute Gasteiger partial charge is 0.352 e. The third-order valence-electron chi connectivity index (χ3n) is 8.28. The lowest BCUT2D eigenvalue weighted by molar-refractivity contribution is 0.0666. The quantitative estimate of drug-likeness (QED) is 0.226. The first-order valence-corrected chi connectivity index (χ1v) is 13.0. The van der Waals surface area contributed by atoms with Crippen molar-refractivity contribution in [2.75, 3.05) is 4.90 Å². The van der Waals surface area contributed by atoms with Crippen LogP contribution < -0.4 is 4.90 Å². The summed E-state index contributed by atoms with van der Waals surface area (Å²) in [5.74, 6) is -1.48. The van der Waals surface area contributed by atoms with Gasteiger partial charge in [-0.3, -0.25) is 14.4 Å². The highest BCUT2D eigenvalue weighted by Gasteiger charge is 2.71. The van der Waals surface area contributed by atoms with Crippen molar-refractivity contribution >= 4 is 40.7 Å². The molecule has 1 aliphatic carbocycles. The normalized spacial score (nSPS) is 22.3. The van der Waals surface area contributed by atoms with Crippen LogP contribution in [0.15, 0.2) is 109 Å². The van der Waals surface area contributed by atoms with Crippen LogP contribution in [-0.4, -0.2) is 29.4 Å². The number of halogens is 1.